The van der Waals surface area contributed by atoms with Crippen LogP contribution in [0.1, 0.15) is 28.9 Å². The lowest BCUT2D eigenvalue weighted by Crippen LogP contribution is -2.67. The highest BCUT2D eigenvalue weighted by molar-refractivity contribution is 5.30. The molecule has 3 aliphatic rings. The third-order valence-corrected chi connectivity index (χ3v) is 5.43. The van der Waals surface area contributed by atoms with Gasteiger partial charge in [-0.2, -0.15) is 13.2 Å². The van der Waals surface area contributed by atoms with Gasteiger partial charge in [0.15, 0.2) is 0 Å². The molecule has 2 unspecified atom stereocenters. The normalized spacial score (nSPS) is 23.7. The molecule has 3 saturated heterocycles. The number of hydrogen-bond acceptors (Lipinski definition) is 3. The van der Waals surface area contributed by atoms with Crippen LogP contribution in [0, 0.1) is 6.92 Å². The van der Waals surface area contributed by atoms with E-state index in [0.29, 0.717) is 24.2 Å². The molecule has 3 nitrogen and oxygen atoms in total. The highest BCUT2D eigenvalue weighted by atomic mass is 19.4. The van der Waals surface area contributed by atoms with E-state index < -0.39 is 11.7 Å². The molecular weight excluding hydrogens is 339 g/mol. The Bertz CT molecular complexity index is 778. The summed E-state index contributed by atoms with van der Waals surface area (Å²) in [6, 6.07) is 12.6. The van der Waals surface area contributed by atoms with E-state index >= 15 is 0 Å². The first-order chi connectivity index (χ1) is 12.4. The van der Waals surface area contributed by atoms with Crippen LogP contribution in [0.25, 0.3) is 0 Å². The van der Waals surface area contributed by atoms with Crippen molar-refractivity contribution >= 4 is 0 Å². The van der Waals surface area contributed by atoms with Crippen LogP contribution in [0.2, 0.25) is 0 Å². The molecule has 0 N–H and O–H groups in total. The number of piperazine rings is 1. The van der Waals surface area contributed by atoms with E-state index in [0.717, 1.165) is 37.4 Å². The van der Waals surface area contributed by atoms with Gasteiger partial charge in [0.05, 0.1) is 11.3 Å². The highest BCUT2D eigenvalue weighted by Gasteiger charge is 2.45. The second-order valence-electron chi connectivity index (χ2n) is 7.33. The monoisotopic (exact) mass is 361 g/mol. The van der Waals surface area contributed by atoms with Gasteiger partial charge in [0.25, 0.3) is 0 Å². The molecule has 0 amide bonds. The average molecular weight is 361 g/mol. The Morgan fingerprint density at radius 3 is 2.42 bits per heavy atom. The first-order valence-electron chi connectivity index (χ1n) is 8.96. The number of aryl methyl sites for hydroxylation is 1. The fourth-order valence-electron chi connectivity index (χ4n) is 4.21. The number of piperidine rings is 1. The zero-order chi connectivity index (χ0) is 18.3. The van der Waals surface area contributed by atoms with Gasteiger partial charge >= 0.3 is 6.18 Å². The van der Waals surface area contributed by atoms with Crippen molar-refractivity contribution < 1.29 is 13.2 Å². The molecule has 2 atom stereocenters. The number of hydrogen-bond donors (Lipinski definition) is 0. The molecule has 0 radical (unpaired) electrons. The van der Waals surface area contributed by atoms with Crippen molar-refractivity contribution in [3.8, 4) is 0 Å². The van der Waals surface area contributed by atoms with Crippen molar-refractivity contribution in [2.24, 2.45) is 0 Å². The predicted molar refractivity (Wildman–Crippen MR) is 93.4 cm³/mol. The third kappa shape index (κ3) is 3.48. The molecule has 26 heavy (non-hydrogen) atoms. The van der Waals surface area contributed by atoms with Gasteiger partial charge in [0, 0.05) is 44.0 Å². The van der Waals surface area contributed by atoms with Gasteiger partial charge in [-0.15, -0.1) is 0 Å². The molecule has 3 fully saturated rings. The molecule has 5 rings (SSSR count). The Labute approximate surface area is 151 Å². The fraction of sp³-hybridized carbons (Fsp3) is 0.450. The van der Waals surface area contributed by atoms with E-state index in [1.54, 1.807) is 12.1 Å². The highest BCUT2D eigenvalue weighted by Crippen LogP contribution is 2.37. The summed E-state index contributed by atoms with van der Waals surface area (Å²) in [5, 5.41) is 0. The summed E-state index contributed by atoms with van der Waals surface area (Å²) < 4.78 is 39.6. The lowest BCUT2D eigenvalue weighted by atomic mass is 9.86. The number of halogens is 3. The minimum absolute atomic E-state index is 0.333. The maximum atomic E-state index is 13.2. The van der Waals surface area contributed by atoms with Crippen LogP contribution in [-0.2, 0) is 19.3 Å². The molecule has 4 heterocycles. The summed E-state index contributed by atoms with van der Waals surface area (Å²) >= 11 is 0. The second kappa shape index (κ2) is 6.67. The van der Waals surface area contributed by atoms with Crippen LogP contribution < -0.4 is 0 Å². The van der Waals surface area contributed by atoms with Gasteiger partial charge in [-0.05, 0) is 37.1 Å². The summed E-state index contributed by atoms with van der Waals surface area (Å²) in [5.41, 5.74) is 1.93. The van der Waals surface area contributed by atoms with Crippen molar-refractivity contribution in [2.45, 2.75) is 44.7 Å². The van der Waals surface area contributed by atoms with Crippen molar-refractivity contribution in [3.63, 3.8) is 0 Å². The Morgan fingerprint density at radius 2 is 1.73 bits per heavy atom. The topological polar surface area (TPSA) is 19.4 Å². The molecule has 138 valence electrons. The maximum Gasteiger partial charge on any atom is 0.416 e. The third-order valence-electron chi connectivity index (χ3n) is 5.43. The lowest BCUT2D eigenvalue weighted by Gasteiger charge is -2.56. The summed E-state index contributed by atoms with van der Waals surface area (Å²) in [7, 11) is 0. The molecule has 2 aromatic rings. The van der Waals surface area contributed by atoms with Crippen molar-refractivity contribution in [1.29, 1.82) is 0 Å². The van der Waals surface area contributed by atoms with E-state index in [1.165, 1.54) is 12.1 Å². The summed E-state index contributed by atoms with van der Waals surface area (Å²) in [6.07, 6.45) is -3.22. The van der Waals surface area contributed by atoms with Crippen LogP contribution in [-0.4, -0.2) is 40.0 Å². The van der Waals surface area contributed by atoms with Gasteiger partial charge in [-0.25, -0.2) is 0 Å². The van der Waals surface area contributed by atoms with Crippen LogP contribution in [0.4, 0.5) is 13.2 Å². The Kier molecular flexibility index (Phi) is 4.49. The molecule has 1 aromatic carbocycles. The number of aromatic nitrogens is 1. The number of nitrogens with zero attached hydrogens (tertiary/aromatic N) is 3. The standard InChI is InChI=1S/C20H22F3N3/c1-14-5-4-7-16(24-14)11-25-12-17-9-18(13-25)26(17)10-15-6-2-3-8-19(15)20(21,22)23/h2-8,17-18H,9-13H2,1H3. The molecule has 1 aromatic heterocycles. The molecule has 3 aliphatic heterocycles. The van der Waals surface area contributed by atoms with Crippen molar-refractivity contribution in [3.05, 3.63) is 65.0 Å². The van der Waals surface area contributed by atoms with Gasteiger partial charge < -0.3 is 0 Å². The number of fused-ring (bicyclic) bond motifs is 2. The Balaban J connectivity index is 1.41. The average Bonchev–Trinajstić information content (AvgIpc) is 2.59. The van der Waals surface area contributed by atoms with Crippen LogP contribution >= 0.6 is 0 Å². The Morgan fingerprint density at radius 1 is 1.00 bits per heavy atom. The van der Waals surface area contributed by atoms with E-state index in [-0.39, 0.29) is 0 Å². The van der Waals surface area contributed by atoms with Gasteiger partial charge in [-0.1, -0.05) is 24.3 Å². The zero-order valence-electron chi connectivity index (χ0n) is 14.7. The summed E-state index contributed by atoms with van der Waals surface area (Å²) in [5.74, 6) is 0. The summed E-state index contributed by atoms with van der Waals surface area (Å²) in [6.45, 7) is 4.95. The maximum absolute atomic E-state index is 13.2. The lowest BCUT2D eigenvalue weighted by molar-refractivity contribution is -0.139. The van der Waals surface area contributed by atoms with E-state index in [4.69, 9.17) is 0 Å². The summed E-state index contributed by atoms with van der Waals surface area (Å²) in [4.78, 5) is 9.15. The fourth-order valence-corrected chi connectivity index (χ4v) is 4.21. The minimum Gasteiger partial charge on any atom is -0.294 e. The smallest absolute Gasteiger partial charge is 0.294 e. The SMILES string of the molecule is Cc1cccc(CN2CC3CC(C2)N3Cc2ccccc2C(F)(F)F)n1. The second-order valence-corrected chi connectivity index (χ2v) is 7.33. The van der Waals surface area contributed by atoms with Crippen LogP contribution in [0.5, 0.6) is 0 Å². The first-order valence-corrected chi connectivity index (χ1v) is 8.96. The predicted octanol–water partition coefficient (Wildman–Crippen LogP) is 3.87. The Hall–Kier alpha value is -1.92. The molecule has 0 saturated carbocycles. The van der Waals surface area contributed by atoms with E-state index in [9.17, 15) is 13.2 Å². The molecule has 0 spiro atoms. The van der Waals surface area contributed by atoms with E-state index in [1.807, 2.05) is 25.1 Å². The molecule has 6 heteroatoms. The molecular formula is C20H22F3N3. The molecule has 2 bridgehead atoms. The van der Waals surface area contributed by atoms with Gasteiger partial charge in [-0.3, -0.25) is 14.8 Å². The van der Waals surface area contributed by atoms with Crippen LogP contribution in [0.3, 0.4) is 0 Å². The van der Waals surface area contributed by atoms with Crippen molar-refractivity contribution in [1.82, 2.24) is 14.8 Å². The number of alkyl halides is 3. The first kappa shape index (κ1) is 17.5. The quantitative estimate of drug-likeness (QED) is 0.824. The zero-order valence-corrected chi connectivity index (χ0v) is 14.7. The number of rotatable bonds is 4. The van der Waals surface area contributed by atoms with Gasteiger partial charge in [0.2, 0.25) is 0 Å². The minimum atomic E-state index is -4.29. The number of pyridine rings is 1. The van der Waals surface area contributed by atoms with E-state index in [2.05, 4.69) is 14.8 Å². The molecule has 0 aliphatic carbocycles. The van der Waals surface area contributed by atoms with Gasteiger partial charge in [0.1, 0.15) is 0 Å². The largest absolute Gasteiger partial charge is 0.416 e. The van der Waals surface area contributed by atoms with Crippen LogP contribution in [0.15, 0.2) is 42.5 Å². The van der Waals surface area contributed by atoms with Crippen molar-refractivity contribution in [2.75, 3.05) is 13.1 Å². The number of benzene rings is 1.